The smallest absolute Gasteiger partial charge is 0.0487 e. The quantitative estimate of drug-likeness (QED) is 0.448. The summed E-state index contributed by atoms with van der Waals surface area (Å²) in [5, 5.41) is 10.4. The van der Waals surface area contributed by atoms with Crippen molar-refractivity contribution in [3.05, 3.63) is 0 Å². The normalized spacial score (nSPS) is 50.6. The Labute approximate surface area is 194 Å². The molecule has 0 heterocycles. The van der Waals surface area contributed by atoms with Gasteiger partial charge in [-0.1, -0.05) is 74.1 Å². The van der Waals surface area contributed by atoms with Crippen LogP contribution < -0.4 is 0 Å². The molecule has 0 aromatic rings. The summed E-state index contributed by atoms with van der Waals surface area (Å²) in [6.07, 6.45) is 16.9. The Morgan fingerprint density at radius 1 is 0.774 bits per heavy atom. The van der Waals surface area contributed by atoms with E-state index in [1.54, 1.807) is 0 Å². The molecule has 4 aliphatic rings. The second kappa shape index (κ2) is 8.32. The third-order valence-corrected chi connectivity index (χ3v) is 12.6. The summed E-state index contributed by atoms with van der Waals surface area (Å²) in [6.45, 7) is 18.3. The van der Waals surface area contributed by atoms with Crippen LogP contribution in [0.4, 0.5) is 0 Å². The van der Waals surface area contributed by atoms with Gasteiger partial charge in [0.1, 0.15) is 0 Å². The van der Waals surface area contributed by atoms with Gasteiger partial charge in [-0.25, -0.2) is 0 Å². The zero-order valence-electron chi connectivity index (χ0n) is 22.1. The average Bonchev–Trinajstić information content (AvgIpc) is 3.06. The SMILES string of the molecule is CC(C)CCC[C@@H](C)[C@H]1CC[C@]2(C)[C@@H]1CC[C@@H]1[C@@]3(C)CCC[C@@](C)(CO)[C@@H]3CC[C@]12C. The molecular weight excluding hydrogens is 376 g/mol. The molecule has 1 heteroatoms. The largest absolute Gasteiger partial charge is 0.396 e. The molecular formula is C30H54O. The minimum Gasteiger partial charge on any atom is -0.396 e. The predicted molar refractivity (Wildman–Crippen MR) is 133 cm³/mol. The molecule has 0 amide bonds. The summed E-state index contributed by atoms with van der Waals surface area (Å²) >= 11 is 0. The van der Waals surface area contributed by atoms with Crippen molar-refractivity contribution in [2.75, 3.05) is 6.61 Å². The molecule has 0 unspecified atom stereocenters. The first-order chi connectivity index (χ1) is 14.5. The fourth-order valence-electron chi connectivity index (χ4n) is 10.6. The maximum atomic E-state index is 10.4. The van der Waals surface area contributed by atoms with Gasteiger partial charge >= 0.3 is 0 Å². The van der Waals surface area contributed by atoms with Gasteiger partial charge in [-0.15, -0.1) is 0 Å². The van der Waals surface area contributed by atoms with Crippen LogP contribution in [-0.4, -0.2) is 11.7 Å². The number of hydrogen-bond donors (Lipinski definition) is 1. The zero-order chi connectivity index (χ0) is 22.7. The van der Waals surface area contributed by atoms with E-state index in [-0.39, 0.29) is 5.41 Å². The molecule has 9 atom stereocenters. The molecule has 0 saturated heterocycles. The summed E-state index contributed by atoms with van der Waals surface area (Å²) in [4.78, 5) is 0. The number of hydrogen-bond acceptors (Lipinski definition) is 1. The Morgan fingerprint density at radius 3 is 2.16 bits per heavy atom. The van der Waals surface area contributed by atoms with Crippen molar-refractivity contribution in [1.82, 2.24) is 0 Å². The van der Waals surface area contributed by atoms with Crippen LogP contribution in [0.3, 0.4) is 0 Å². The van der Waals surface area contributed by atoms with Gasteiger partial charge < -0.3 is 5.11 Å². The molecule has 4 rings (SSSR count). The van der Waals surface area contributed by atoms with Gasteiger partial charge in [-0.3, -0.25) is 0 Å². The number of rotatable bonds is 6. The summed E-state index contributed by atoms with van der Waals surface area (Å²) in [7, 11) is 0. The number of aliphatic hydroxyl groups excluding tert-OH is 1. The number of aliphatic hydroxyl groups is 1. The summed E-state index contributed by atoms with van der Waals surface area (Å²) < 4.78 is 0. The van der Waals surface area contributed by atoms with Crippen molar-refractivity contribution in [3.8, 4) is 0 Å². The van der Waals surface area contributed by atoms with Gasteiger partial charge in [0.2, 0.25) is 0 Å². The van der Waals surface area contributed by atoms with Crippen LogP contribution in [0.25, 0.3) is 0 Å². The van der Waals surface area contributed by atoms with Gasteiger partial charge in [0.05, 0.1) is 0 Å². The van der Waals surface area contributed by atoms with Crippen LogP contribution >= 0.6 is 0 Å². The van der Waals surface area contributed by atoms with Gasteiger partial charge in [-0.05, 0) is 109 Å². The van der Waals surface area contributed by atoms with Crippen LogP contribution in [0.2, 0.25) is 0 Å². The van der Waals surface area contributed by atoms with Crippen LogP contribution in [0.15, 0.2) is 0 Å². The molecule has 0 spiro atoms. The fourth-order valence-corrected chi connectivity index (χ4v) is 10.6. The van der Waals surface area contributed by atoms with E-state index in [0.29, 0.717) is 22.9 Å². The molecule has 0 bridgehead atoms. The molecule has 0 aliphatic heterocycles. The van der Waals surface area contributed by atoms with Crippen molar-refractivity contribution >= 4 is 0 Å². The van der Waals surface area contributed by atoms with Crippen molar-refractivity contribution in [1.29, 1.82) is 0 Å². The molecule has 4 fully saturated rings. The van der Waals surface area contributed by atoms with E-state index >= 15 is 0 Å². The Bertz CT molecular complexity index is 640. The fraction of sp³-hybridized carbons (Fsp3) is 1.00. The minimum absolute atomic E-state index is 0.162. The summed E-state index contributed by atoms with van der Waals surface area (Å²) in [5.41, 5.74) is 1.64. The number of fused-ring (bicyclic) bond motifs is 5. The molecule has 4 saturated carbocycles. The van der Waals surface area contributed by atoms with Gasteiger partial charge in [0, 0.05) is 6.61 Å². The van der Waals surface area contributed by atoms with Crippen LogP contribution in [0, 0.1) is 57.2 Å². The highest BCUT2D eigenvalue weighted by Gasteiger charge is 2.68. The van der Waals surface area contributed by atoms with E-state index in [9.17, 15) is 5.11 Å². The van der Waals surface area contributed by atoms with E-state index in [1.807, 2.05) is 0 Å². The predicted octanol–water partition coefficient (Wildman–Crippen LogP) is 8.50. The van der Waals surface area contributed by atoms with E-state index < -0.39 is 0 Å². The highest BCUT2D eigenvalue weighted by molar-refractivity contribution is 5.16. The molecule has 0 aromatic carbocycles. The molecule has 4 aliphatic carbocycles. The van der Waals surface area contributed by atoms with E-state index in [0.717, 1.165) is 35.5 Å². The highest BCUT2D eigenvalue weighted by atomic mass is 16.3. The summed E-state index contributed by atoms with van der Waals surface area (Å²) in [5.74, 6) is 5.27. The van der Waals surface area contributed by atoms with Crippen molar-refractivity contribution in [2.45, 2.75) is 126 Å². The second-order valence-electron chi connectivity index (χ2n) is 14.3. The topological polar surface area (TPSA) is 20.2 Å². The highest BCUT2D eigenvalue weighted by Crippen LogP contribution is 2.75. The Hall–Kier alpha value is -0.0400. The standard InChI is InChI=1S/C30H54O/c1-21(2)10-8-11-22(3)23-14-18-29(6)24(23)12-13-26-28(5)17-9-16-27(4,20-31)25(28)15-19-30(26,29)7/h21-26,31H,8-20H2,1-7H3/t22-,23-,24-,25+,26-,27+,28+,29-,30-/m1/s1. The lowest BCUT2D eigenvalue weighted by atomic mass is 9.35. The van der Waals surface area contributed by atoms with Gasteiger partial charge in [-0.2, -0.15) is 0 Å². The third kappa shape index (κ3) is 3.57. The van der Waals surface area contributed by atoms with Crippen LogP contribution in [-0.2, 0) is 0 Å². The lowest BCUT2D eigenvalue weighted by Gasteiger charge is -2.69. The molecule has 180 valence electrons. The Morgan fingerprint density at radius 2 is 1.48 bits per heavy atom. The van der Waals surface area contributed by atoms with Crippen molar-refractivity contribution < 1.29 is 5.11 Å². The molecule has 1 N–H and O–H groups in total. The molecule has 0 aromatic heterocycles. The van der Waals surface area contributed by atoms with Crippen molar-refractivity contribution in [2.24, 2.45) is 57.2 Å². The first-order valence-electron chi connectivity index (χ1n) is 14.1. The van der Waals surface area contributed by atoms with E-state index in [4.69, 9.17) is 0 Å². The maximum Gasteiger partial charge on any atom is 0.0487 e. The van der Waals surface area contributed by atoms with E-state index in [1.165, 1.54) is 77.0 Å². The minimum atomic E-state index is 0.162. The lowest BCUT2D eigenvalue weighted by molar-refractivity contribution is -0.210. The molecule has 1 nitrogen and oxygen atoms in total. The van der Waals surface area contributed by atoms with Gasteiger partial charge in [0.15, 0.2) is 0 Å². The Kier molecular flexibility index (Phi) is 6.47. The average molecular weight is 431 g/mol. The first-order valence-corrected chi connectivity index (χ1v) is 14.1. The summed E-state index contributed by atoms with van der Waals surface area (Å²) in [6, 6.07) is 0. The van der Waals surface area contributed by atoms with E-state index in [2.05, 4.69) is 48.5 Å². The van der Waals surface area contributed by atoms with Crippen LogP contribution in [0.5, 0.6) is 0 Å². The molecule has 31 heavy (non-hydrogen) atoms. The first kappa shape index (κ1) is 24.1. The zero-order valence-corrected chi connectivity index (χ0v) is 22.1. The second-order valence-corrected chi connectivity index (χ2v) is 14.3. The lowest BCUT2D eigenvalue weighted by Crippen LogP contribution is -2.62. The Balaban J connectivity index is 1.56. The van der Waals surface area contributed by atoms with Crippen molar-refractivity contribution in [3.63, 3.8) is 0 Å². The molecule has 0 radical (unpaired) electrons. The maximum absolute atomic E-state index is 10.4. The monoisotopic (exact) mass is 430 g/mol. The van der Waals surface area contributed by atoms with Crippen LogP contribution in [0.1, 0.15) is 126 Å². The van der Waals surface area contributed by atoms with Gasteiger partial charge in [0.25, 0.3) is 0 Å². The third-order valence-electron chi connectivity index (χ3n) is 12.6.